The van der Waals surface area contributed by atoms with Gasteiger partial charge in [-0.1, -0.05) is 11.8 Å². The van der Waals surface area contributed by atoms with E-state index in [9.17, 15) is 14.0 Å². The van der Waals surface area contributed by atoms with Gasteiger partial charge in [0.1, 0.15) is 11.1 Å². The number of carboxylic acid groups (broad SMARTS) is 1. The first-order valence-electron chi connectivity index (χ1n) is 6.60. The fourth-order valence-corrected chi connectivity index (χ4v) is 3.07. The molecule has 118 valence electrons. The molecule has 3 N–H and O–H groups in total. The predicted molar refractivity (Wildman–Crippen MR) is 85.1 cm³/mol. The number of thioether (sulfide) groups is 1. The Labute approximate surface area is 133 Å². The van der Waals surface area contributed by atoms with Crippen molar-refractivity contribution in [1.82, 2.24) is 10.3 Å². The Balaban J connectivity index is 1.77. The number of benzene rings is 1. The second-order valence-electron chi connectivity index (χ2n) is 4.78. The molecule has 2 heterocycles. The molecule has 0 radical (unpaired) electrons. The van der Waals surface area contributed by atoms with E-state index in [2.05, 4.69) is 20.5 Å². The molecule has 9 heteroatoms. The summed E-state index contributed by atoms with van der Waals surface area (Å²) in [4.78, 5) is 25.2. The van der Waals surface area contributed by atoms with Crippen molar-refractivity contribution in [3.63, 3.8) is 0 Å². The molecule has 1 fully saturated rings. The Morgan fingerprint density at radius 3 is 3.09 bits per heavy atom. The highest BCUT2D eigenvalue weighted by Crippen LogP contribution is 2.22. The number of hydrogen-bond acceptors (Lipinski definition) is 5. The maximum atomic E-state index is 13.5. The number of fused-ring (bicyclic) bond motifs is 1. The number of rotatable bonds is 4. The third kappa shape index (κ3) is 3.39. The number of halogens is 1. The number of carboxylic acids is 1. The van der Waals surface area contributed by atoms with Crippen LogP contribution in [0.15, 0.2) is 34.6 Å². The number of amides is 1. The number of H-pyrrole nitrogens is 1. The molecule has 1 aliphatic rings. The van der Waals surface area contributed by atoms with Gasteiger partial charge in [-0.2, -0.15) is 5.10 Å². The molecule has 1 unspecified atom stereocenters. The Kier molecular flexibility index (Phi) is 4.11. The molecular weight excluding hydrogens is 323 g/mol. The van der Waals surface area contributed by atoms with E-state index in [1.807, 2.05) is 0 Å². The fraction of sp³-hybridized carbons (Fsp3) is 0.143. The number of nitrogens with one attached hydrogen (secondary N) is 2. The van der Waals surface area contributed by atoms with Crippen LogP contribution in [0.4, 0.5) is 4.39 Å². The van der Waals surface area contributed by atoms with E-state index in [0.717, 1.165) is 17.3 Å². The molecule has 2 aromatic rings. The molecule has 1 atom stereocenters. The topological polar surface area (TPSA) is 107 Å². The minimum Gasteiger partial charge on any atom is -0.481 e. The van der Waals surface area contributed by atoms with Gasteiger partial charge in [-0.05, 0) is 18.2 Å². The van der Waals surface area contributed by atoms with Gasteiger partial charge in [0.15, 0.2) is 5.17 Å². The molecule has 1 saturated heterocycles. The first-order chi connectivity index (χ1) is 11.0. The molecule has 0 bridgehead atoms. The summed E-state index contributed by atoms with van der Waals surface area (Å²) in [7, 11) is 0. The number of carbonyl (C=O) groups excluding carboxylic acids is 1. The molecule has 23 heavy (non-hydrogen) atoms. The summed E-state index contributed by atoms with van der Waals surface area (Å²) in [5.41, 5.74) is 1.24. The first-order valence-corrected chi connectivity index (χ1v) is 7.48. The molecule has 1 aliphatic heterocycles. The number of nitrogens with zero attached hydrogens (tertiary/aromatic N) is 2. The van der Waals surface area contributed by atoms with Gasteiger partial charge in [-0.15, -0.1) is 5.10 Å². The third-order valence-electron chi connectivity index (χ3n) is 3.14. The summed E-state index contributed by atoms with van der Waals surface area (Å²) in [6.07, 6.45) is 2.77. The zero-order valence-electron chi connectivity index (χ0n) is 11.6. The van der Waals surface area contributed by atoms with Crippen LogP contribution >= 0.6 is 11.8 Å². The number of hydrogen-bond donors (Lipinski definition) is 3. The van der Waals surface area contributed by atoms with E-state index in [1.165, 1.54) is 18.3 Å². The minimum absolute atomic E-state index is 0.219. The number of aromatic nitrogens is 1. The summed E-state index contributed by atoms with van der Waals surface area (Å²) in [6, 6.07) is 4.46. The largest absolute Gasteiger partial charge is 0.481 e. The van der Waals surface area contributed by atoms with Crippen LogP contribution in [0.3, 0.4) is 0 Å². The van der Waals surface area contributed by atoms with Crippen LogP contribution in [0.2, 0.25) is 0 Å². The molecule has 0 saturated carbocycles. The maximum Gasteiger partial charge on any atom is 0.305 e. The average molecular weight is 334 g/mol. The summed E-state index contributed by atoms with van der Waals surface area (Å²) in [5.74, 6) is -1.86. The minimum atomic E-state index is -1.06. The number of amidine groups is 1. The molecule has 3 rings (SSSR count). The molecule has 0 aliphatic carbocycles. The van der Waals surface area contributed by atoms with Gasteiger partial charge in [0.05, 0.1) is 18.2 Å². The number of carbonyl (C=O) groups is 2. The molecule has 7 nitrogen and oxygen atoms in total. The predicted octanol–water partition coefficient (Wildman–Crippen LogP) is 1.70. The standard InChI is InChI=1S/C14H11FN4O3S/c15-9-3-7-1-2-16-12(7)8(4-9)6-17-19-14-18-13(22)10(23-14)5-11(20)21/h1-4,6,10,16H,5H2,(H,20,21)(H,18,19,22). The highest BCUT2D eigenvalue weighted by molar-refractivity contribution is 8.15. The smallest absolute Gasteiger partial charge is 0.305 e. The average Bonchev–Trinajstić information content (AvgIpc) is 3.05. The Morgan fingerprint density at radius 2 is 2.30 bits per heavy atom. The quantitative estimate of drug-likeness (QED) is 0.584. The van der Waals surface area contributed by atoms with Crippen LogP contribution in [0.1, 0.15) is 12.0 Å². The van der Waals surface area contributed by atoms with Crippen LogP contribution < -0.4 is 5.32 Å². The third-order valence-corrected chi connectivity index (χ3v) is 4.21. The summed E-state index contributed by atoms with van der Waals surface area (Å²) in [5, 5.41) is 19.0. The van der Waals surface area contributed by atoms with Crippen molar-refractivity contribution in [3.05, 3.63) is 35.8 Å². The second kappa shape index (κ2) is 6.21. The summed E-state index contributed by atoms with van der Waals surface area (Å²) >= 11 is 1.00. The fourth-order valence-electron chi connectivity index (χ4n) is 2.15. The Bertz CT molecular complexity index is 846. The van der Waals surface area contributed by atoms with E-state index in [1.54, 1.807) is 12.3 Å². The van der Waals surface area contributed by atoms with Crippen LogP contribution in [-0.4, -0.2) is 38.6 Å². The van der Waals surface area contributed by atoms with Crippen LogP contribution in [0, 0.1) is 5.82 Å². The van der Waals surface area contributed by atoms with Crippen LogP contribution in [0.25, 0.3) is 10.9 Å². The van der Waals surface area contributed by atoms with E-state index >= 15 is 0 Å². The number of aliphatic carboxylic acids is 1. The summed E-state index contributed by atoms with van der Waals surface area (Å²) < 4.78 is 13.5. The lowest BCUT2D eigenvalue weighted by Gasteiger charge is -1.98. The summed E-state index contributed by atoms with van der Waals surface area (Å²) in [6.45, 7) is 0. The van der Waals surface area contributed by atoms with E-state index < -0.39 is 22.9 Å². The Hall–Kier alpha value is -2.68. The molecule has 1 amide bonds. The Morgan fingerprint density at radius 1 is 1.48 bits per heavy atom. The SMILES string of the molecule is O=C(O)CC1SC(=NN=Cc2cc(F)cc3cc[nH]c23)NC1=O. The second-order valence-corrected chi connectivity index (χ2v) is 5.97. The molecule has 0 spiro atoms. The van der Waals surface area contributed by atoms with Crippen molar-refractivity contribution in [1.29, 1.82) is 0 Å². The van der Waals surface area contributed by atoms with E-state index in [-0.39, 0.29) is 11.6 Å². The van der Waals surface area contributed by atoms with Gasteiger partial charge >= 0.3 is 5.97 Å². The lowest BCUT2D eigenvalue weighted by atomic mass is 10.1. The van der Waals surface area contributed by atoms with Crippen molar-refractivity contribution in [2.45, 2.75) is 11.7 Å². The van der Waals surface area contributed by atoms with Gasteiger partial charge in [-0.3, -0.25) is 9.59 Å². The molecule has 1 aromatic carbocycles. The van der Waals surface area contributed by atoms with Crippen molar-refractivity contribution < 1.29 is 19.1 Å². The van der Waals surface area contributed by atoms with Crippen molar-refractivity contribution in [3.8, 4) is 0 Å². The van der Waals surface area contributed by atoms with Gasteiger partial charge in [0.25, 0.3) is 0 Å². The number of aromatic amines is 1. The lowest BCUT2D eigenvalue weighted by Crippen LogP contribution is -2.26. The molecular formula is C14H11FN4O3S. The van der Waals surface area contributed by atoms with Crippen molar-refractivity contribution in [2.24, 2.45) is 10.2 Å². The van der Waals surface area contributed by atoms with Gasteiger partial charge in [0, 0.05) is 17.1 Å². The lowest BCUT2D eigenvalue weighted by molar-refractivity contribution is -0.138. The first kappa shape index (κ1) is 15.2. The monoisotopic (exact) mass is 334 g/mol. The highest BCUT2D eigenvalue weighted by Gasteiger charge is 2.32. The normalized spacial score (nSPS) is 19.8. The van der Waals surface area contributed by atoms with Crippen molar-refractivity contribution in [2.75, 3.05) is 0 Å². The van der Waals surface area contributed by atoms with E-state index in [4.69, 9.17) is 5.11 Å². The van der Waals surface area contributed by atoms with Crippen LogP contribution in [0.5, 0.6) is 0 Å². The van der Waals surface area contributed by atoms with Gasteiger partial charge in [-0.25, -0.2) is 4.39 Å². The zero-order chi connectivity index (χ0) is 16.4. The highest BCUT2D eigenvalue weighted by atomic mass is 32.2. The van der Waals surface area contributed by atoms with Crippen molar-refractivity contribution >= 4 is 45.9 Å². The van der Waals surface area contributed by atoms with Gasteiger partial charge in [0.2, 0.25) is 5.91 Å². The van der Waals surface area contributed by atoms with E-state index in [0.29, 0.717) is 10.9 Å². The van der Waals surface area contributed by atoms with Gasteiger partial charge < -0.3 is 15.4 Å². The molecule has 1 aromatic heterocycles. The van der Waals surface area contributed by atoms with Crippen LogP contribution in [-0.2, 0) is 9.59 Å². The maximum absolute atomic E-state index is 13.5. The zero-order valence-corrected chi connectivity index (χ0v) is 12.4.